The van der Waals surface area contributed by atoms with Crippen molar-refractivity contribution in [1.82, 2.24) is 4.98 Å². The van der Waals surface area contributed by atoms with Crippen molar-refractivity contribution in [1.29, 1.82) is 0 Å². The number of carbonyl (C=O) groups is 2. The third-order valence-corrected chi connectivity index (χ3v) is 4.45. The number of amides is 1. The van der Waals surface area contributed by atoms with Gasteiger partial charge in [0, 0.05) is 18.1 Å². The van der Waals surface area contributed by atoms with Crippen LogP contribution >= 0.6 is 11.6 Å². The van der Waals surface area contributed by atoms with Crippen LogP contribution in [-0.4, -0.2) is 34.5 Å². The van der Waals surface area contributed by atoms with Crippen LogP contribution < -0.4 is 14.8 Å². The highest BCUT2D eigenvalue weighted by molar-refractivity contribution is 6.17. The average molecular weight is 441 g/mol. The van der Waals surface area contributed by atoms with E-state index in [2.05, 4.69) is 10.3 Å². The number of aromatic nitrogens is 1. The van der Waals surface area contributed by atoms with E-state index in [-0.39, 0.29) is 23.6 Å². The minimum absolute atomic E-state index is 0.0354. The van der Waals surface area contributed by atoms with E-state index in [9.17, 15) is 14.7 Å². The molecule has 2 aromatic carbocycles. The third kappa shape index (κ3) is 6.72. The van der Waals surface area contributed by atoms with Crippen molar-refractivity contribution in [3.8, 4) is 17.4 Å². The molecule has 1 aromatic heterocycles. The Balaban J connectivity index is 1.54. The highest BCUT2D eigenvalue weighted by Crippen LogP contribution is 2.23. The van der Waals surface area contributed by atoms with E-state index in [1.807, 2.05) is 0 Å². The summed E-state index contributed by atoms with van der Waals surface area (Å²) in [5.41, 5.74) is 0.955. The Hall–Kier alpha value is -3.58. The maximum atomic E-state index is 12.3. The van der Waals surface area contributed by atoms with Crippen LogP contribution in [0.3, 0.4) is 0 Å². The molecule has 0 fully saturated rings. The van der Waals surface area contributed by atoms with Crippen molar-refractivity contribution in [3.63, 3.8) is 0 Å². The summed E-state index contributed by atoms with van der Waals surface area (Å²) in [5.74, 6) is 0.836. The molecule has 0 atom stereocenters. The molecule has 7 nitrogen and oxygen atoms in total. The van der Waals surface area contributed by atoms with Gasteiger partial charge >= 0.3 is 5.97 Å². The van der Waals surface area contributed by atoms with E-state index < -0.39 is 5.97 Å². The van der Waals surface area contributed by atoms with Crippen molar-refractivity contribution in [2.24, 2.45) is 0 Å². The van der Waals surface area contributed by atoms with Gasteiger partial charge in [0.2, 0.25) is 11.8 Å². The van der Waals surface area contributed by atoms with Crippen LogP contribution in [0.15, 0.2) is 66.9 Å². The van der Waals surface area contributed by atoms with Crippen LogP contribution in [0.2, 0.25) is 0 Å². The maximum Gasteiger partial charge on any atom is 0.337 e. The number of hydrogen-bond donors (Lipinski definition) is 2. The minimum Gasteiger partial charge on any atom is -0.494 e. The van der Waals surface area contributed by atoms with E-state index in [0.29, 0.717) is 29.7 Å². The van der Waals surface area contributed by atoms with E-state index in [4.69, 9.17) is 21.1 Å². The maximum absolute atomic E-state index is 12.3. The first-order chi connectivity index (χ1) is 15.0. The second-order valence-corrected chi connectivity index (χ2v) is 6.92. The Bertz CT molecular complexity index is 1020. The monoisotopic (exact) mass is 440 g/mol. The highest BCUT2D eigenvalue weighted by atomic mass is 35.5. The number of halogens is 1. The number of carboxylic acid groups (broad SMARTS) is 1. The lowest BCUT2D eigenvalue weighted by Gasteiger charge is -2.09. The zero-order chi connectivity index (χ0) is 22.1. The fourth-order valence-corrected chi connectivity index (χ4v) is 2.81. The van der Waals surface area contributed by atoms with Crippen molar-refractivity contribution in [2.45, 2.75) is 12.8 Å². The summed E-state index contributed by atoms with van der Waals surface area (Å²) in [6.07, 6.45) is 2.37. The van der Waals surface area contributed by atoms with Gasteiger partial charge in [0.05, 0.1) is 24.3 Å². The van der Waals surface area contributed by atoms with Gasteiger partial charge < -0.3 is 19.9 Å². The molecule has 0 saturated heterocycles. The Kier molecular flexibility index (Phi) is 7.84. The number of pyridine rings is 1. The molecule has 0 spiro atoms. The summed E-state index contributed by atoms with van der Waals surface area (Å²) in [4.78, 5) is 27.7. The molecular formula is C23H21ClN2O5. The van der Waals surface area contributed by atoms with E-state index >= 15 is 0 Å². The highest BCUT2D eigenvalue weighted by Gasteiger charge is 2.12. The molecule has 0 aliphatic heterocycles. The topological polar surface area (TPSA) is 97.8 Å². The summed E-state index contributed by atoms with van der Waals surface area (Å²) < 4.78 is 11.2. The molecule has 3 aromatic rings. The molecule has 0 saturated carbocycles. The second-order valence-electron chi connectivity index (χ2n) is 6.54. The first-order valence-corrected chi connectivity index (χ1v) is 10.1. The Labute approximate surface area is 184 Å². The number of para-hydroxylation sites is 1. The molecule has 0 radical (unpaired) electrons. The number of rotatable bonds is 10. The SMILES string of the molecule is O=C(Cc1ccc(Oc2ccc(OCCCCl)cc2)nc1)Nc1ccccc1C(=O)O. The summed E-state index contributed by atoms with van der Waals surface area (Å²) in [5, 5.41) is 11.8. The van der Waals surface area contributed by atoms with Crippen LogP contribution in [0.5, 0.6) is 17.4 Å². The summed E-state index contributed by atoms with van der Waals surface area (Å²) >= 11 is 5.63. The molecule has 0 aliphatic rings. The molecule has 2 N–H and O–H groups in total. The number of nitrogens with zero attached hydrogens (tertiary/aromatic N) is 1. The predicted octanol–water partition coefficient (Wildman–Crippen LogP) is 4.76. The van der Waals surface area contributed by atoms with Crippen molar-refractivity contribution < 1.29 is 24.2 Å². The van der Waals surface area contributed by atoms with E-state index in [1.165, 1.54) is 6.07 Å². The number of nitrogens with one attached hydrogen (secondary N) is 1. The Morgan fingerprint density at radius 3 is 2.42 bits per heavy atom. The molecule has 31 heavy (non-hydrogen) atoms. The predicted molar refractivity (Wildman–Crippen MR) is 117 cm³/mol. The third-order valence-electron chi connectivity index (χ3n) is 4.19. The Morgan fingerprint density at radius 2 is 1.74 bits per heavy atom. The number of alkyl halides is 1. The minimum atomic E-state index is -1.10. The smallest absolute Gasteiger partial charge is 0.337 e. The largest absolute Gasteiger partial charge is 0.494 e. The normalized spacial score (nSPS) is 10.4. The first kappa shape index (κ1) is 22.1. The number of benzene rings is 2. The van der Waals surface area contributed by atoms with Gasteiger partial charge in [0.1, 0.15) is 11.5 Å². The first-order valence-electron chi connectivity index (χ1n) is 9.59. The van der Waals surface area contributed by atoms with Crippen LogP contribution in [0, 0.1) is 0 Å². The van der Waals surface area contributed by atoms with E-state index in [1.54, 1.807) is 60.8 Å². The lowest BCUT2D eigenvalue weighted by atomic mass is 10.1. The number of carboxylic acids is 1. The van der Waals surface area contributed by atoms with Gasteiger partial charge in [-0.05, 0) is 48.4 Å². The van der Waals surface area contributed by atoms with Gasteiger partial charge in [-0.25, -0.2) is 9.78 Å². The van der Waals surface area contributed by atoms with Crippen LogP contribution in [0.1, 0.15) is 22.3 Å². The fourth-order valence-electron chi connectivity index (χ4n) is 2.70. The molecule has 3 rings (SSSR count). The molecule has 160 valence electrons. The number of carbonyl (C=O) groups excluding carboxylic acids is 1. The number of hydrogen-bond acceptors (Lipinski definition) is 5. The molecular weight excluding hydrogens is 420 g/mol. The van der Waals surface area contributed by atoms with Crippen molar-refractivity contribution in [3.05, 3.63) is 78.0 Å². The number of anilines is 1. The number of aromatic carboxylic acids is 1. The molecule has 1 amide bonds. The average Bonchev–Trinajstić information content (AvgIpc) is 2.77. The van der Waals surface area contributed by atoms with Gasteiger partial charge in [0.25, 0.3) is 0 Å². The molecule has 0 aliphatic carbocycles. The van der Waals surface area contributed by atoms with Gasteiger partial charge in [-0.3, -0.25) is 4.79 Å². The van der Waals surface area contributed by atoms with Gasteiger partial charge in [-0.2, -0.15) is 0 Å². The molecule has 8 heteroatoms. The molecule has 1 heterocycles. The standard InChI is InChI=1S/C23H21ClN2O5/c24-12-3-13-30-17-7-9-18(10-8-17)31-22-11-6-16(15-25-22)14-21(27)26-20-5-2-1-4-19(20)23(28)29/h1-2,4-11,15H,3,12-14H2,(H,26,27)(H,28,29). The molecule has 0 bridgehead atoms. The van der Waals surface area contributed by atoms with Crippen LogP contribution in [0.25, 0.3) is 0 Å². The van der Waals surface area contributed by atoms with Gasteiger partial charge in [-0.1, -0.05) is 18.2 Å². The van der Waals surface area contributed by atoms with Crippen LogP contribution in [-0.2, 0) is 11.2 Å². The second kappa shape index (κ2) is 11.0. The summed E-state index contributed by atoms with van der Waals surface area (Å²) in [6, 6.07) is 16.8. The zero-order valence-electron chi connectivity index (χ0n) is 16.6. The summed E-state index contributed by atoms with van der Waals surface area (Å²) in [7, 11) is 0. The Morgan fingerprint density at radius 1 is 1.00 bits per heavy atom. The van der Waals surface area contributed by atoms with Crippen LogP contribution in [0.4, 0.5) is 5.69 Å². The van der Waals surface area contributed by atoms with Crippen molar-refractivity contribution in [2.75, 3.05) is 17.8 Å². The molecule has 0 unspecified atom stereocenters. The van der Waals surface area contributed by atoms with Crippen molar-refractivity contribution >= 4 is 29.2 Å². The van der Waals surface area contributed by atoms with E-state index in [0.717, 1.165) is 12.2 Å². The van der Waals surface area contributed by atoms with Gasteiger partial charge in [0.15, 0.2) is 0 Å². The van der Waals surface area contributed by atoms with Gasteiger partial charge in [-0.15, -0.1) is 11.6 Å². The summed E-state index contributed by atoms with van der Waals surface area (Å²) in [6.45, 7) is 0.558. The number of ether oxygens (including phenoxy) is 2. The quantitative estimate of drug-likeness (QED) is 0.348. The zero-order valence-corrected chi connectivity index (χ0v) is 17.3. The lowest BCUT2D eigenvalue weighted by molar-refractivity contribution is -0.115. The lowest BCUT2D eigenvalue weighted by Crippen LogP contribution is -2.16. The fraction of sp³-hybridized carbons (Fsp3) is 0.174.